The number of rotatable bonds is 7. The van der Waals surface area contributed by atoms with Crippen LogP contribution in [0.5, 0.6) is 5.75 Å². The second kappa shape index (κ2) is 9.06. The SMILES string of the molecule is Cn1cnc(C(=O)N(CC(=O)O/N=C(\N)c2ccc(OC(F)(F)F)cc2)C2CCC2)c1. The second-order valence-corrected chi connectivity index (χ2v) is 6.95. The summed E-state index contributed by atoms with van der Waals surface area (Å²) in [7, 11) is 1.73. The molecule has 1 amide bonds. The highest BCUT2D eigenvalue weighted by atomic mass is 19.4. The van der Waals surface area contributed by atoms with E-state index in [0.717, 1.165) is 31.4 Å². The van der Waals surface area contributed by atoms with Crippen LogP contribution >= 0.6 is 0 Å². The van der Waals surface area contributed by atoms with Gasteiger partial charge in [-0.15, -0.1) is 13.2 Å². The molecule has 1 aliphatic rings. The number of benzene rings is 1. The van der Waals surface area contributed by atoms with Gasteiger partial charge in [0.2, 0.25) is 0 Å². The number of hydrogen-bond acceptors (Lipinski definition) is 6. The van der Waals surface area contributed by atoms with Crippen molar-refractivity contribution in [2.24, 2.45) is 17.9 Å². The number of carbonyl (C=O) groups excluding carboxylic acids is 2. The van der Waals surface area contributed by atoms with Crippen LogP contribution in [0.4, 0.5) is 13.2 Å². The van der Waals surface area contributed by atoms with Gasteiger partial charge in [-0.1, -0.05) is 5.16 Å². The summed E-state index contributed by atoms with van der Waals surface area (Å²) in [5.74, 6) is -1.85. The van der Waals surface area contributed by atoms with Crippen LogP contribution in [0.2, 0.25) is 0 Å². The van der Waals surface area contributed by atoms with Crippen LogP contribution in [0.3, 0.4) is 0 Å². The Bertz CT molecular complexity index is 968. The molecule has 0 saturated heterocycles. The van der Waals surface area contributed by atoms with Crippen LogP contribution in [-0.2, 0) is 16.7 Å². The minimum atomic E-state index is -4.81. The largest absolute Gasteiger partial charge is 0.573 e. The minimum Gasteiger partial charge on any atom is -0.406 e. The summed E-state index contributed by atoms with van der Waals surface area (Å²) in [6.07, 6.45) is 0.718. The Hall–Kier alpha value is -3.57. The smallest absolute Gasteiger partial charge is 0.406 e. The molecule has 2 aromatic rings. The summed E-state index contributed by atoms with van der Waals surface area (Å²) in [6.45, 7) is -0.338. The molecule has 0 radical (unpaired) electrons. The first kappa shape index (κ1) is 22.1. The van der Waals surface area contributed by atoms with E-state index in [1.54, 1.807) is 17.8 Å². The summed E-state index contributed by atoms with van der Waals surface area (Å²) >= 11 is 0. The number of imidazole rings is 1. The molecule has 9 nitrogen and oxygen atoms in total. The van der Waals surface area contributed by atoms with Gasteiger partial charge in [0.25, 0.3) is 5.91 Å². The van der Waals surface area contributed by atoms with E-state index in [1.165, 1.54) is 23.4 Å². The van der Waals surface area contributed by atoms with Gasteiger partial charge in [0, 0.05) is 24.8 Å². The van der Waals surface area contributed by atoms with Crippen LogP contribution < -0.4 is 10.5 Å². The lowest BCUT2D eigenvalue weighted by Gasteiger charge is -2.36. The topological polar surface area (TPSA) is 112 Å². The first-order valence-electron chi connectivity index (χ1n) is 9.31. The summed E-state index contributed by atoms with van der Waals surface area (Å²) in [6, 6.07) is 4.48. The van der Waals surface area contributed by atoms with Crippen LogP contribution in [0, 0.1) is 0 Å². The second-order valence-electron chi connectivity index (χ2n) is 6.95. The van der Waals surface area contributed by atoms with E-state index in [4.69, 9.17) is 10.6 Å². The Morgan fingerprint density at radius 2 is 1.97 bits per heavy atom. The van der Waals surface area contributed by atoms with Crippen LogP contribution in [-0.4, -0.2) is 51.1 Å². The van der Waals surface area contributed by atoms with Gasteiger partial charge in [0.15, 0.2) is 5.84 Å². The molecule has 166 valence electrons. The Kier molecular flexibility index (Phi) is 6.47. The highest BCUT2D eigenvalue weighted by Crippen LogP contribution is 2.26. The number of nitrogens with two attached hydrogens (primary N) is 1. The number of ether oxygens (including phenoxy) is 1. The third-order valence-corrected chi connectivity index (χ3v) is 4.63. The molecule has 0 bridgehead atoms. The third kappa shape index (κ3) is 5.96. The number of amidine groups is 1. The maximum Gasteiger partial charge on any atom is 0.573 e. The first-order valence-corrected chi connectivity index (χ1v) is 9.31. The lowest BCUT2D eigenvalue weighted by Crippen LogP contribution is -2.47. The van der Waals surface area contributed by atoms with Crippen molar-refractivity contribution in [1.29, 1.82) is 0 Å². The molecule has 0 unspecified atom stereocenters. The highest BCUT2D eigenvalue weighted by Gasteiger charge is 2.33. The third-order valence-electron chi connectivity index (χ3n) is 4.63. The molecule has 0 aliphatic heterocycles. The summed E-state index contributed by atoms with van der Waals surface area (Å²) in [5.41, 5.74) is 6.16. The monoisotopic (exact) mass is 439 g/mol. The quantitative estimate of drug-likeness (QED) is 0.306. The Morgan fingerprint density at radius 1 is 1.29 bits per heavy atom. The molecule has 1 aliphatic carbocycles. The predicted octanol–water partition coefficient (Wildman–Crippen LogP) is 2.18. The Labute approximate surface area is 175 Å². The maximum absolute atomic E-state index is 12.7. The predicted molar refractivity (Wildman–Crippen MR) is 102 cm³/mol. The zero-order valence-corrected chi connectivity index (χ0v) is 16.5. The van der Waals surface area contributed by atoms with E-state index in [-0.39, 0.29) is 35.6 Å². The Morgan fingerprint density at radius 3 is 2.48 bits per heavy atom. The number of hydrogen-bond donors (Lipinski definition) is 1. The van der Waals surface area contributed by atoms with Crippen molar-refractivity contribution in [3.8, 4) is 5.75 Å². The van der Waals surface area contributed by atoms with Gasteiger partial charge >= 0.3 is 12.3 Å². The molecule has 31 heavy (non-hydrogen) atoms. The van der Waals surface area contributed by atoms with Gasteiger partial charge in [-0.2, -0.15) is 0 Å². The zero-order chi connectivity index (χ0) is 22.6. The average molecular weight is 439 g/mol. The molecular weight excluding hydrogens is 419 g/mol. The van der Waals surface area contributed by atoms with E-state index in [2.05, 4.69) is 14.9 Å². The van der Waals surface area contributed by atoms with Gasteiger partial charge in [-0.25, -0.2) is 9.78 Å². The normalized spacial score (nSPS) is 14.6. The maximum atomic E-state index is 12.7. The van der Waals surface area contributed by atoms with Gasteiger partial charge in [-0.3, -0.25) is 4.79 Å². The molecule has 1 saturated carbocycles. The number of halogens is 3. The molecule has 0 atom stereocenters. The van der Waals surface area contributed by atoms with E-state index in [9.17, 15) is 22.8 Å². The van der Waals surface area contributed by atoms with Gasteiger partial charge in [0.05, 0.1) is 6.33 Å². The first-order chi connectivity index (χ1) is 14.6. The molecule has 0 spiro atoms. The standard InChI is InChI=1S/C19H20F3N5O4/c1-26-9-15(24-11-26)18(29)27(13-3-2-4-13)10-16(28)31-25-17(23)12-5-7-14(8-6-12)30-19(20,21)22/h5-9,11,13H,2-4,10H2,1H3,(H2,23,25). The summed E-state index contributed by atoms with van der Waals surface area (Å²) in [4.78, 5) is 35.2. The molecule has 12 heteroatoms. The number of carbonyl (C=O) groups is 2. The van der Waals surface area contributed by atoms with Gasteiger partial charge < -0.3 is 24.8 Å². The number of aryl methyl sites for hydroxylation is 1. The van der Waals surface area contributed by atoms with Gasteiger partial charge in [0.1, 0.15) is 18.0 Å². The molecule has 3 rings (SSSR count). The van der Waals surface area contributed by atoms with Crippen molar-refractivity contribution in [3.05, 3.63) is 48.0 Å². The molecule has 1 fully saturated rings. The lowest BCUT2D eigenvalue weighted by atomic mass is 9.91. The number of oxime groups is 1. The van der Waals surface area contributed by atoms with E-state index >= 15 is 0 Å². The van der Waals surface area contributed by atoms with Crippen LogP contribution in [0.1, 0.15) is 35.3 Å². The van der Waals surface area contributed by atoms with E-state index in [1.807, 2.05) is 0 Å². The van der Waals surface area contributed by atoms with Crippen molar-refractivity contribution in [2.45, 2.75) is 31.7 Å². The molecule has 1 aromatic heterocycles. The van der Waals surface area contributed by atoms with Crippen molar-refractivity contribution in [3.63, 3.8) is 0 Å². The highest BCUT2D eigenvalue weighted by molar-refractivity contribution is 5.98. The molecule has 1 aromatic carbocycles. The molecule has 2 N–H and O–H groups in total. The number of amides is 1. The Balaban J connectivity index is 1.61. The van der Waals surface area contributed by atoms with Crippen molar-refractivity contribution >= 4 is 17.7 Å². The average Bonchev–Trinajstić information content (AvgIpc) is 3.09. The van der Waals surface area contributed by atoms with Crippen LogP contribution in [0.15, 0.2) is 41.9 Å². The van der Waals surface area contributed by atoms with Crippen molar-refractivity contribution in [2.75, 3.05) is 6.54 Å². The fourth-order valence-corrected chi connectivity index (χ4v) is 2.88. The van der Waals surface area contributed by atoms with Crippen molar-refractivity contribution < 1.29 is 32.3 Å². The molecular formula is C19H20F3N5O4. The zero-order valence-electron chi connectivity index (χ0n) is 16.5. The van der Waals surface area contributed by atoms with E-state index < -0.39 is 18.1 Å². The minimum absolute atomic E-state index is 0.0930. The van der Waals surface area contributed by atoms with Crippen molar-refractivity contribution in [1.82, 2.24) is 14.5 Å². The molecule has 1 heterocycles. The summed E-state index contributed by atoms with van der Waals surface area (Å²) < 4.78 is 42.0. The van der Waals surface area contributed by atoms with Crippen LogP contribution in [0.25, 0.3) is 0 Å². The van der Waals surface area contributed by atoms with E-state index in [0.29, 0.717) is 0 Å². The fraction of sp³-hybridized carbons (Fsp3) is 0.368. The number of alkyl halides is 3. The number of aromatic nitrogens is 2. The fourth-order valence-electron chi connectivity index (χ4n) is 2.88. The summed E-state index contributed by atoms with van der Waals surface area (Å²) in [5, 5.41) is 3.52. The number of nitrogens with zero attached hydrogens (tertiary/aromatic N) is 4. The van der Waals surface area contributed by atoms with Gasteiger partial charge in [-0.05, 0) is 43.5 Å². The lowest BCUT2D eigenvalue weighted by molar-refractivity contribution is -0.274.